The predicted octanol–water partition coefficient (Wildman–Crippen LogP) is 1.01. The molecule has 1 amide bonds. The molecule has 0 aliphatic carbocycles. The Bertz CT molecular complexity index is 543. The van der Waals surface area contributed by atoms with Crippen molar-refractivity contribution in [2.75, 3.05) is 18.1 Å². The Morgan fingerprint density at radius 1 is 1.39 bits per heavy atom. The van der Waals surface area contributed by atoms with E-state index in [1.807, 2.05) is 0 Å². The van der Waals surface area contributed by atoms with Gasteiger partial charge >= 0.3 is 0 Å². The smallest absolute Gasteiger partial charge is 0.225 e. The van der Waals surface area contributed by atoms with Crippen LogP contribution < -0.4 is 10.0 Å². The van der Waals surface area contributed by atoms with E-state index in [4.69, 9.17) is 0 Å². The summed E-state index contributed by atoms with van der Waals surface area (Å²) in [6.45, 7) is 1.73. The fourth-order valence-electron chi connectivity index (χ4n) is 1.28. The van der Waals surface area contributed by atoms with Gasteiger partial charge in [-0.15, -0.1) is 0 Å². The lowest BCUT2D eigenvalue weighted by molar-refractivity contribution is -0.116. The van der Waals surface area contributed by atoms with Crippen molar-refractivity contribution in [3.63, 3.8) is 0 Å². The predicted molar refractivity (Wildman–Crippen MR) is 67.2 cm³/mol. The fourth-order valence-corrected chi connectivity index (χ4v) is 1.76. The number of halogens is 1. The van der Waals surface area contributed by atoms with E-state index in [9.17, 15) is 17.6 Å². The third-order valence-electron chi connectivity index (χ3n) is 2.11. The van der Waals surface area contributed by atoms with Crippen molar-refractivity contribution in [2.45, 2.75) is 13.3 Å². The lowest BCUT2D eigenvalue weighted by Crippen LogP contribution is -2.26. The first-order valence-electron chi connectivity index (χ1n) is 5.28. The van der Waals surface area contributed by atoms with E-state index in [-0.39, 0.29) is 18.7 Å². The zero-order valence-corrected chi connectivity index (χ0v) is 11.0. The Balaban J connectivity index is 2.50. The zero-order valence-electron chi connectivity index (χ0n) is 10.2. The molecule has 5 nitrogen and oxygen atoms in total. The fraction of sp³-hybridized carbons (Fsp3) is 0.364. The average Bonchev–Trinajstić information content (AvgIpc) is 2.20. The molecule has 2 N–H and O–H groups in total. The van der Waals surface area contributed by atoms with E-state index in [2.05, 4.69) is 10.0 Å². The van der Waals surface area contributed by atoms with E-state index >= 15 is 0 Å². The first kappa shape index (κ1) is 14.6. The number of anilines is 1. The van der Waals surface area contributed by atoms with Crippen molar-refractivity contribution in [1.29, 1.82) is 0 Å². The molecule has 0 unspecified atom stereocenters. The molecule has 0 spiro atoms. The molecule has 18 heavy (non-hydrogen) atoms. The van der Waals surface area contributed by atoms with Crippen LogP contribution in [0.25, 0.3) is 0 Å². The molecular formula is C11H15FN2O3S. The molecule has 0 radical (unpaired) electrons. The van der Waals surface area contributed by atoms with Crippen LogP contribution >= 0.6 is 0 Å². The molecule has 0 aromatic heterocycles. The maximum absolute atomic E-state index is 13.4. The minimum absolute atomic E-state index is 0.0157. The molecule has 0 saturated carbocycles. The quantitative estimate of drug-likeness (QED) is 0.841. The number of nitrogens with one attached hydrogen (secondary N) is 2. The van der Waals surface area contributed by atoms with Crippen molar-refractivity contribution in [1.82, 2.24) is 4.72 Å². The van der Waals surface area contributed by atoms with Crippen molar-refractivity contribution in [3.8, 4) is 0 Å². The number of hydrogen-bond acceptors (Lipinski definition) is 3. The number of benzene rings is 1. The van der Waals surface area contributed by atoms with Crippen LogP contribution in [0.15, 0.2) is 18.2 Å². The molecule has 0 bridgehead atoms. The number of carbonyl (C=O) groups excluding carboxylic acids is 1. The summed E-state index contributed by atoms with van der Waals surface area (Å²) in [5.74, 6) is -0.965. The van der Waals surface area contributed by atoms with Gasteiger partial charge in [0.05, 0.1) is 11.9 Å². The first-order valence-corrected chi connectivity index (χ1v) is 7.18. The van der Waals surface area contributed by atoms with Gasteiger partial charge in [0.1, 0.15) is 5.82 Å². The van der Waals surface area contributed by atoms with Gasteiger partial charge in [-0.05, 0) is 24.6 Å². The van der Waals surface area contributed by atoms with Crippen LogP contribution in [0, 0.1) is 12.7 Å². The molecule has 0 fully saturated rings. The van der Waals surface area contributed by atoms with Crippen LogP contribution in [0.3, 0.4) is 0 Å². The van der Waals surface area contributed by atoms with Gasteiger partial charge in [-0.3, -0.25) is 4.79 Å². The number of carbonyl (C=O) groups is 1. The van der Waals surface area contributed by atoms with Crippen LogP contribution in [0.1, 0.15) is 12.0 Å². The second kappa shape index (κ2) is 5.92. The van der Waals surface area contributed by atoms with E-state index < -0.39 is 21.7 Å². The van der Waals surface area contributed by atoms with Gasteiger partial charge in [0.15, 0.2) is 0 Å². The van der Waals surface area contributed by atoms with Gasteiger partial charge in [0, 0.05) is 13.0 Å². The standard InChI is InChI=1S/C11H15FN2O3S/c1-8-3-4-10(9(12)7-8)14-11(15)5-6-13-18(2,16)17/h3-4,7,13H,5-6H2,1-2H3,(H,14,15). The molecule has 1 aromatic rings. The van der Waals surface area contributed by atoms with E-state index in [0.717, 1.165) is 11.8 Å². The zero-order chi connectivity index (χ0) is 13.8. The van der Waals surface area contributed by atoms with Crippen LogP contribution in [0.5, 0.6) is 0 Å². The summed E-state index contributed by atoms with van der Waals surface area (Å²) in [4.78, 5) is 11.4. The summed E-state index contributed by atoms with van der Waals surface area (Å²) in [7, 11) is -3.31. The van der Waals surface area contributed by atoms with Gasteiger partial charge in [0.25, 0.3) is 0 Å². The number of amides is 1. The number of hydrogen-bond donors (Lipinski definition) is 2. The normalized spacial score (nSPS) is 11.3. The first-order chi connectivity index (χ1) is 8.28. The highest BCUT2D eigenvalue weighted by atomic mass is 32.2. The van der Waals surface area contributed by atoms with Crippen LogP contribution in [-0.4, -0.2) is 27.1 Å². The highest BCUT2D eigenvalue weighted by Crippen LogP contribution is 2.15. The lowest BCUT2D eigenvalue weighted by Gasteiger charge is -2.07. The molecule has 1 aromatic carbocycles. The maximum atomic E-state index is 13.4. The Morgan fingerprint density at radius 3 is 2.61 bits per heavy atom. The summed E-state index contributed by atoms with van der Waals surface area (Å²) in [5.41, 5.74) is 0.842. The van der Waals surface area contributed by atoms with E-state index in [0.29, 0.717) is 0 Å². The Labute approximate surface area is 105 Å². The summed E-state index contributed by atoms with van der Waals surface area (Å²) in [5, 5.41) is 2.37. The molecule has 0 atom stereocenters. The Hall–Kier alpha value is -1.47. The van der Waals surface area contributed by atoms with Crippen molar-refractivity contribution in [2.24, 2.45) is 0 Å². The third kappa shape index (κ3) is 5.24. The van der Waals surface area contributed by atoms with Crippen LogP contribution in [0.4, 0.5) is 10.1 Å². The van der Waals surface area contributed by atoms with Crippen LogP contribution in [0.2, 0.25) is 0 Å². The maximum Gasteiger partial charge on any atom is 0.225 e. The monoisotopic (exact) mass is 274 g/mol. The number of rotatable bonds is 5. The van der Waals surface area contributed by atoms with Crippen molar-refractivity contribution < 1.29 is 17.6 Å². The lowest BCUT2D eigenvalue weighted by atomic mass is 10.2. The SMILES string of the molecule is Cc1ccc(NC(=O)CCNS(C)(=O)=O)c(F)c1. The molecule has 0 heterocycles. The van der Waals surface area contributed by atoms with E-state index in [1.54, 1.807) is 13.0 Å². The highest BCUT2D eigenvalue weighted by molar-refractivity contribution is 7.88. The summed E-state index contributed by atoms with van der Waals surface area (Å²) in [6.07, 6.45) is 0.949. The molecule has 0 aliphatic heterocycles. The Morgan fingerprint density at radius 2 is 2.06 bits per heavy atom. The Kier molecular flexibility index (Phi) is 4.80. The minimum atomic E-state index is -3.31. The summed E-state index contributed by atoms with van der Waals surface area (Å²) < 4.78 is 37.1. The van der Waals surface area contributed by atoms with Gasteiger partial charge in [0.2, 0.25) is 15.9 Å². The molecule has 1 rings (SSSR count). The van der Waals surface area contributed by atoms with E-state index in [1.165, 1.54) is 12.1 Å². The third-order valence-corrected chi connectivity index (χ3v) is 2.84. The molecule has 7 heteroatoms. The van der Waals surface area contributed by atoms with Crippen molar-refractivity contribution in [3.05, 3.63) is 29.6 Å². The van der Waals surface area contributed by atoms with Gasteiger partial charge in [-0.1, -0.05) is 6.07 Å². The summed E-state index contributed by atoms with van der Waals surface area (Å²) >= 11 is 0. The topological polar surface area (TPSA) is 75.3 Å². The second-order valence-corrected chi connectivity index (χ2v) is 5.78. The minimum Gasteiger partial charge on any atom is -0.324 e. The summed E-state index contributed by atoms with van der Waals surface area (Å²) in [6, 6.07) is 4.45. The van der Waals surface area contributed by atoms with Gasteiger partial charge < -0.3 is 5.32 Å². The van der Waals surface area contributed by atoms with Crippen LogP contribution in [-0.2, 0) is 14.8 Å². The molecular weight excluding hydrogens is 259 g/mol. The highest BCUT2D eigenvalue weighted by Gasteiger charge is 2.08. The van der Waals surface area contributed by atoms with Gasteiger partial charge in [-0.25, -0.2) is 17.5 Å². The average molecular weight is 274 g/mol. The molecule has 0 aliphatic rings. The molecule has 0 saturated heterocycles. The largest absolute Gasteiger partial charge is 0.324 e. The number of sulfonamides is 1. The van der Waals surface area contributed by atoms with Crippen molar-refractivity contribution >= 4 is 21.6 Å². The second-order valence-electron chi connectivity index (χ2n) is 3.95. The number of aryl methyl sites for hydroxylation is 1. The molecule has 100 valence electrons. The van der Waals surface area contributed by atoms with Gasteiger partial charge in [-0.2, -0.15) is 0 Å².